The van der Waals surface area contributed by atoms with Crippen LogP contribution < -0.4 is 5.73 Å². The molecule has 0 aliphatic rings. The summed E-state index contributed by atoms with van der Waals surface area (Å²) in [5.74, 6) is -0.0589. The molecule has 0 spiro atoms. The molecule has 5 heteroatoms. The molecule has 1 amide bonds. The van der Waals surface area contributed by atoms with Crippen molar-refractivity contribution in [2.75, 3.05) is 33.9 Å². The molecule has 5 nitrogen and oxygen atoms in total. The van der Waals surface area contributed by atoms with Crippen molar-refractivity contribution in [3.63, 3.8) is 0 Å². The number of hydrogen-bond acceptors (Lipinski definition) is 4. The van der Waals surface area contributed by atoms with E-state index >= 15 is 0 Å². The molecule has 16 heavy (non-hydrogen) atoms. The topological polar surface area (TPSA) is 64.8 Å². The zero-order valence-corrected chi connectivity index (χ0v) is 10.7. The lowest BCUT2D eigenvalue weighted by Crippen LogP contribution is -2.48. The molecule has 0 aromatic heterocycles. The van der Waals surface area contributed by atoms with E-state index in [1.165, 1.54) is 7.11 Å². The quantitative estimate of drug-likeness (QED) is 0.651. The number of ether oxygens (including phenoxy) is 2. The highest BCUT2D eigenvalue weighted by Crippen LogP contribution is 2.07. The Kier molecular flexibility index (Phi) is 8.15. The van der Waals surface area contributed by atoms with Crippen molar-refractivity contribution >= 4 is 5.91 Å². The lowest BCUT2D eigenvalue weighted by Gasteiger charge is -2.31. The highest BCUT2D eigenvalue weighted by molar-refractivity contribution is 5.81. The second kappa shape index (κ2) is 8.50. The van der Waals surface area contributed by atoms with Gasteiger partial charge in [-0.25, -0.2) is 0 Å². The summed E-state index contributed by atoms with van der Waals surface area (Å²) >= 11 is 0. The van der Waals surface area contributed by atoms with Crippen LogP contribution in [0.1, 0.15) is 20.3 Å². The smallest absolute Gasteiger partial charge is 0.253 e. The van der Waals surface area contributed by atoms with Crippen LogP contribution in [0.2, 0.25) is 0 Å². The van der Waals surface area contributed by atoms with Crippen LogP contribution in [0.4, 0.5) is 0 Å². The van der Waals surface area contributed by atoms with Crippen molar-refractivity contribution in [1.29, 1.82) is 0 Å². The van der Waals surface area contributed by atoms with Crippen molar-refractivity contribution in [3.8, 4) is 0 Å². The lowest BCUT2D eigenvalue weighted by atomic mass is 10.2. The van der Waals surface area contributed by atoms with Gasteiger partial charge in [0.05, 0.1) is 6.61 Å². The molecule has 0 saturated carbocycles. The average Bonchev–Trinajstić information content (AvgIpc) is 2.30. The summed E-state index contributed by atoms with van der Waals surface area (Å²) in [5.41, 5.74) is 5.49. The van der Waals surface area contributed by atoms with Crippen molar-refractivity contribution in [2.24, 2.45) is 5.73 Å². The number of nitrogens with zero attached hydrogens (tertiary/aromatic N) is 1. The summed E-state index contributed by atoms with van der Waals surface area (Å²) in [6.07, 6.45) is 0.349. The second-order valence-electron chi connectivity index (χ2n) is 3.74. The van der Waals surface area contributed by atoms with E-state index in [0.717, 1.165) is 6.42 Å². The molecule has 2 N–H and O–H groups in total. The zero-order valence-electron chi connectivity index (χ0n) is 10.7. The summed E-state index contributed by atoms with van der Waals surface area (Å²) in [7, 11) is 3.12. The summed E-state index contributed by atoms with van der Waals surface area (Å²) in [5, 5.41) is 0. The third-order valence-corrected chi connectivity index (χ3v) is 2.72. The van der Waals surface area contributed by atoms with Gasteiger partial charge in [-0.2, -0.15) is 0 Å². The van der Waals surface area contributed by atoms with Crippen LogP contribution in [-0.2, 0) is 14.3 Å². The number of rotatable bonds is 8. The molecule has 2 atom stereocenters. The third kappa shape index (κ3) is 4.47. The van der Waals surface area contributed by atoms with Crippen LogP contribution >= 0.6 is 0 Å². The summed E-state index contributed by atoms with van der Waals surface area (Å²) in [4.78, 5) is 13.8. The number of hydrogen-bond donors (Lipinski definition) is 1. The highest BCUT2D eigenvalue weighted by Gasteiger charge is 2.25. The largest absolute Gasteiger partial charge is 0.383 e. The van der Waals surface area contributed by atoms with Crippen LogP contribution in [0, 0.1) is 0 Å². The molecule has 0 rings (SSSR count). The van der Waals surface area contributed by atoms with Gasteiger partial charge in [0.2, 0.25) is 0 Å². The Balaban J connectivity index is 4.53. The SMILES string of the molecule is CCC(C)N(CCOC)C(=O)C(CN)OC. The molecular formula is C11H24N2O3. The minimum absolute atomic E-state index is 0.0589. The molecule has 0 radical (unpaired) electrons. The maximum atomic E-state index is 12.1. The Morgan fingerprint density at radius 1 is 1.44 bits per heavy atom. The fourth-order valence-corrected chi connectivity index (χ4v) is 1.44. The van der Waals surface area contributed by atoms with Crippen LogP contribution in [0.5, 0.6) is 0 Å². The van der Waals surface area contributed by atoms with Gasteiger partial charge in [-0.05, 0) is 13.3 Å². The average molecular weight is 232 g/mol. The van der Waals surface area contributed by atoms with Crippen LogP contribution in [0.3, 0.4) is 0 Å². The van der Waals surface area contributed by atoms with Gasteiger partial charge in [0, 0.05) is 33.4 Å². The van der Waals surface area contributed by atoms with Gasteiger partial charge in [0.15, 0.2) is 0 Å². The number of carbonyl (C=O) groups is 1. The Labute approximate surface area is 97.9 Å². The van der Waals surface area contributed by atoms with E-state index in [0.29, 0.717) is 13.2 Å². The molecular weight excluding hydrogens is 208 g/mol. The second-order valence-corrected chi connectivity index (χ2v) is 3.74. The number of nitrogens with two attached hydrogens (primary N) is 1. The van der Waals surface area contributed by atoms with E-state index in [1.54, 1.807) is 12.0 Å². The van der Waals surface area contributed by atoms with Crippen LogP contribution in [0.15, 0.2) is 0 Å². The van der Waals surface area contributed by atoms with Crippen molar-refractivity contribution in [3.05, 3.63) is 0 Å². The van der Waals surface area contributed by atoms with Crippen LogP contribution in [0.25, 0.3) is 0 Å². The van der Waals surface area contributed by atoms with Crippen molar-refractivity contribution in [1.82, 2.24) is 4.90 Å². The molecule has 0 heterocycles. The number of amides is 1. The number of methoxy groups -OCH3 is 2. The molecule has 2 unspecified atom stereocenters. The minimum Gasteiger partial charge on any atom is -0.383 e. The first-order valence-corrected chi connectivity index (χ1v) is 5.64. The maximum Gasteiger partial charge on any atom is 0.253 e. The van der Waals surface area contributed by atoms with Gasteiger partial charge in [-0.1, -0.05) is 6.92 Å². The van der Waals surface area contributed by atoms with Crippen LogP contribution in [-0.4, -0.2) is 56.9 Å². The van der Waals surface area contributed by atoms with E-state index < -0.39 is 6.10 Å². The lowest BCUT2D eigenvalue weighted by molar-refractivity contribution is -0.144. The normalized spacial score (nSPS) is 14.6. The van der Waals surface area contributed by atoms with Gasteiger partial charge in [0.1, 0.15) is 6.10 Å². The molecule has 0 aliphatic heterocycles. The molecule has 0 aromatic rings. The predicted octanol–water partition coefficient (Wildman–Crippen LogP) is 0.234. The van der Waals surface area contributed by atoms with Gasteiger partial charge < -0.3 is 20.1 Å². The summed E-state index contributed by atoms with van der Waals surface area (Å²) < 4.78 is 10.1. The standard InChI is InChI=1S/C11H24N2O3/c1-5-9(2)13(6-7-15-3)11(14)10(8-12)16-4/h9-10H,5-8,12H2,1-4H3. The first-order chi connectivity index (χ1) is 7.62. The van der Waals surface area contributed by atoms with Gasteiger partial charge >= 0.3 is 0 Å². The first kappa shape index (κ1) is 15.3. The van der Waals surface area contributed by atoms with Gasteiger partial charge in [-0.15, -0.1) is 0 Å². The Morgan fingerprint density at radius 2 is 2.06 bits per heavy atom. The van der Waals surface area contributed by atoms with E-state index in [2.05, 4.69) is 0 Å². The zero-order chi connectivity index (χ0) is 12.6. The third-order valence-electron chi connectivity index (χ3n) is 2.72. The maximum absolute atomic E-state index is 12.1. The highest BCUT2D eigenvalue weighted by atomic mass is 16.5. The van der Waals surface area contributed by atoms with E-state index in [1.807, 2.05) is 13.8 Å². The minimum atomic E-state index is -0.550. The Morgan fingerprint density at radius 3 is 2.44 bits per heavy atom. The molecule has 0 aliphatic carbocycles. The first-order valence-electron chi connectivity index (χ1n) is 5.64. The monoisotopic (exact) mass is 232 g/mol. The van der Waals surface area contributed by atoms with E-state index in [4.69, 9.17) is 15.2 Å². The Hall–Kier alpha value is -0.650. The molecule has 0 aromatic carbocycles. The molecule has 0 bridgehead atoms. The summed E-state index contributed by atoms with van der Waals surface area (Å²) in [6.45, 7) is 5.36. The van der Waals surface area contributed by atoms with Crippen molar-refractivity contribution < 1.29 is 14.3 Å². The fourth-order valence-electron chi connectivity index (χ4n) is 1.44. The van der Waals surface area contributed by atoms with Gasteiger partial charge in [0.25, 0.3) is 5.91 Å². The summed E-state index contributed by atoms with van der Waals surface area (Å²) in [6, 6.07) is 0.173. The van der Waals surface area contributed by atoms with E-state index in [9.17, 15) is 4.79 Å². The molecule has 0 fully saturated rings. The number of carbonyl (C=O) groups excluding carboxylic acids is 1. The Bertz CT molecular complexity index is 196. The van der Waals surface area contributed by atoms with E-state index in [-0.39, 0.29) is 18.5 Å². The van der Waals surface area contributed by atoms with Gasteiger partial charge in [-0.3, -0.25) is 4.79 Å². The fraction of sp³-hybridized carbons (Fsp3) is 0.909. The molecule has 96 valence electrons. The van der Waals surface area contributed by atoms with Crippen molar-refractivity contribution in [2.45, 2.75) is 32.4 Å². The predicted molar refractivity (Wildman–Crippen MR) is 63.2 cm³/mol. The molecule has 0 saturated heterocycles.